The number of carbonyl (C=O) groups is 1. The van der Waals surface area contributed by atoms with Gasteiger partial charge in [-0.1, -0.05) is 30.7 Å². The van der Waals surface area contributed by atoms with Crippen LogP contribution in [0.4, 0.5) is 0 Å². The largest absolute Gasteiger partial charge is 0.302 e. The van der Waals surface area contributed by atoms with E-state index in [1.807, 2.05) is 0 Å². The Hall–Kier alpha value is -0.910. The normalized spacial score (nSPS) is 25.7. The molecule has 3 aliphatic rings. The standard InChI is InChI=1S/C22H30ClNO3S/c1-16(12-24-9-8-22(13-24)14-28(26,27)15-22)10-17-2-7-20(21(23)11-17)18-3-5-19(25)6-4-18/h2,7,11,16,18H,3-6,8-10,12-15H2,1H3/t16-/m0/s1. The van der Waals surface area contributed by atoms with E-state index in [4.69, 9.17) is 11.6 Å². The third-order valence-corrected chi connectivity index (χ3v) is 9.20. The van der Waals surface area contributed by atoms with Crippen LogP contribution in [-0.4, -0.2) is 50.2 Å². The molecule has 1 atom stereocenters. The minimum atomic E-state index is -2.76. The van der Waals surface area contributed by atoms with E-state index in [0.717, 1.165) is 50.3 Å². The van der Waals surface area contributed by atoms with E-state index in [-0.39, 0.29) is 5.41 Å². The van der Waals surface area contributed by atoms with Crippen molar-refractivity contribution in [2.75, 3.05) is 31.1 Å². The first kappa shape index (κ1) is 20.4. The van der Waals surface area contributed by atoms with Gasteiger partial charge in [-0.3, -0.25) is 4.79 Å². The highest BCUT2D eigenvalue weighted by atomic mass is 35.5. The molecule has 0 amide bonds. The van der Waals surface area contributed by atoms with Gasteiger partial charge in [0.1, 0.15) is 5.78 Å². The van der Waals surface area contributed by atoms with Gasteiger partial charge in [-0.25, -0.2) is 8.42 Å². The van der Waals surface area contributed by atoms with Crippen molar-refractivity contribution in [3.8, 4) is 0 Å². The van der Waals surface area contributed by atoms with Gasteiger partial charge in [0.25, 0.3) is 0 Å². The fraction of sp³-hybridized carbons (Fsp3) is 0.682. The van der Waals surface area contributed by atoms with Gasteiger partial charge in [0, 0.05) is 36.4 Å². The smallest absolute Gasteiger partial charge is 0.151 e. The lowest BCUT2D eigenvalue weighted by Gasteiger charge is -2.37. The Morgan fingerprint density at radius 1 is 1.25 bits per heavy atom. The van der Waals surface area contributed by atoms with Gasteiger partial charge in [-0.15, -0.1) is 0 Å². The minimum Gasteiger partial charge on any atom is -0.302 e. The van der Waals surface area contributed by atoms with E-state index in [9.17, 15) is 13.2 Å². The third kappa shape index (κ3) is 4.47. The van der Waals surface area contributed by atoms with Gasteiger partial charge in [0.2, 0.25) is 0 Å². The summed E-state index contributed by atoms with van der Waals surface area (Å²) in [6, 6.07) is 6.46. The van der Waals surface area contributed by atoms with Crippen LogP contribution in [0.2, 0.25) is 5.02 Å². The third-order valence-electron chi connectivity index (χ3n) is 6.77. The molecule has 0 unspecified atom stereocenters. The molecule has 0 N–H and O–H groups in total. The van der Waals surface area contributed by atoms with Gasteiger partial charge in [0.05, 0.1) is 11.5 Å². The number of ketones is 1. The van der Waals surface area contributed by atoms with Crippen molar-refractivity contribution in [3.63, 3.8) is 0 Å². The first-order valence-electron chi connectivity index (χ1n) is 10.5. The summed E-state index contributed by atoms with van der Waals surface area (Å²) in [6.45, 7) is 5.21. The van der Waals surface area contributed by atoms with Crippen LogP contribution in [0.15, 0.2) is 18.2 Å². The zero-order valence-corrected chi connectivity index (χ0v) is 18.2. The van der Waals surface area contributed by atoms with Crippen molar-refractivity contribution in [2.45, 2.75) is 51.4 Å². The molecule has 2 heterocycles. The van der Waals surface area contributed by atoms with Crippen LogP contribution in [0, 0.1) is 11.3 Å². The first-order valence-corrected chi connectivity index (χ1v) is 12.7. The lowest BCUT2D eigenvalue weighted by molar-refractivity contribution is -0.120. The number of Topliss-reactive ketones (excluding diaryl/α,β-unsaturated/α-hetero) is 1. The van der Waals surface area contributed by atoms with Crippen molar-refractivity contribution in [1.29, 1.82) is 0 Å². The van der Waals surface area contributed by atoms with Crippen molar-refractivity contribution in [3.05, 3.63) is 34.3 Å². The van der Waals surface area contributed by atoms with E-state index in [2.05, 4.69) is 30.0 Å². The predicted molar refractivity (Wildman–Crippen MR) is 113 cm³/mol. The number of likely N-dealkylation sites (tertiary alicyclic amines) is 1. The fourth-order valence-electron chi connectivity index (χ4n) is 5.50. The molecule has 4 rings (SSSR count). The highest BCUT2D eigenvalue weighted by molar-refractivity contribution is 7.92. The summed E-state index contributed by atoms with van der Waals surface area (Å²) in [5.74, 6) is 2.06. The molecule has 0 bridgehead atoms. The highest BCUT2D eigenvalue weighted by Gasteiger charge is 2.51. The van der Waals surface area contributed by atoms with Crippen LogP contribution in [-0.2, 0) is 21.1 Å². The number of carbonyl (C=O) groups excluding carboxylic acids is 1. The maximum Gasteiger partial charge on any atom is 0.151 e. The Morgan fingerprint density at radius 3 is 2.61 bits per heavy atom. The summed E-state index contributed by atoms with van der Waals surface area (Å²) in [5, 5.41) is 0.837. The van der Waals surface area contributed by atoms with Crippen molar-refractivity contribution in [1.82, 2.24) is 4.90 Å². The van der Waals surface area contributed by atoms with Crippen LogP contribution >= 0.6 is 11.6 Å². The quantitative estimate of drug-likeness (QED) is 0.721. The summed E-state index contributed by atoms with van der Waals surface area (Å²) >= 11 is 6.59. The zero-order chi connectivity index (χ0) is 19.9. The summed E-state index contributed by atoms with van der Waals surface area (Å²) < 4.78 is 23.1. The van der Waals surface area contributed by atoms with Gasteiger partial charge in [0.15, 0.2) is 9.84 Å². The highest BCUT2D eigenvalue weighted by Crippen LogP contribution is 2.41. The molecule has 154 valence electrons. The van der Waals surface area contributed by atoms with E-state index < -0.39 is 9.84 Å². The second-order valence-electron chi connectivity index (χ2n) is 9.50. The average Bonchev–Trinajstić information content (AvgIpc) is 2.97. The van der Waals surface area contributed by atoms with Crippen LogP contribution < -0.4 is 0 Å². The van der Waals surface area contributed by atoms with Crippen LogP contribution in [0.5, 0.6) is 0 Å². The maximum atomic E-state index is 11.6. The molecule has 1 aromatic rings. The lowest BCUT2D eigenvalue weighted by atomic mass is 9.83. The molecule has 3 fully saturated rings. The van der Waals surface area contributed by atoms with Crippen molar-refractivity contribution >= 4 is 27.2 Å². The Bertz CT molecular complexity index is 845. The number of rotatable bonds is 5. The molecule has 6 heteroatoms. The summed E-state index contributed by atoms with van der Waals surface area (Å²) in [6.07, 6.45) is 5.19. The van der Waals surface area contributed by atoms with Gasteiger partial charge in [-0.2, -0.15) is 0 Å². The molecule has 0 aromatic heterocycles. The molecule has 4 nitrogen and oxygen atoms in total. The second kappa shape index (κ2) is 7.73. The second-order valence-corrected chi connectivity index (χ2v) is 12.0. The SMILES string of the molecule is C[C@@H](Cc1ccc(C2CCC(=O)CC2)c(Cl)c1)CN1CCC2(C1)CS(=O)(=O)C2. The topological polar surface area (TPSA) is 54.5 Å². The molecular formula is C22H30ClNO3S. The molecule has 2 saturated heterocycles. The number of sulfone groups is 1. The number of nitrogens with zero attached hydrogens (tertiary/aromatic N) is 1. The first-order chi connectivity index (χ1) is 13.2. The summed E-state index contributed by atoms with van der Waals surface area (Å²) in [5.41, 5.74) is 2.50. The maximum absolute atomic E-state index is 11.6. The Labute approximate surface area is 173 Å². The molecule has 1 aliphatic carbocycles. The van der Waals surface area contributed by atoms with Crippen LogP contribution in [0.3, 0.4) is 0 Å². The van der Waals surface area contributed by atoms with Crippen LogP contribution in [0.1, 0.15) is 56.1 Å². The van der Waals surface area contributed by atoms with E-state index in [1.165, 1.54) is 11.1 Å². The molecular weight excluding hydrogens is 394 g/mol. The molecule has 1 spiro atoms. The number of benzene rings is 1. The monoisotopic (exact) mass is 423 g/mol. The summed E-state index contributed by atoms with van der Waals surface area (Å²) in [7, 11) is -2.76. The molecule has 28 heavy (non-hydrogen) atoms. The van der Waals surface area contributed by atoms with E-state index in [1.54, 1.807) is 0 Å². The van der Waals surface area contributed by atoms with Gasteiger partial charge >= 0.3 is 0 Å². The van der Waals surface area contributed by atoms with Crippen molar-refractivity contribution in [2.24, 2.45) is 11.3 Å². The molecule has 2 aliphatic heterocycles. The Balaban J connectivity index is 1.31. The molecule has 1 aromatic carbocycles. The molecule has 1 saturated carbocycles. The number of hydrogen-bond acceptors (Lipinski definition) is 4. The van der Waals surface area contributed by atoms with E-state index in [0.29, 0.717) is 42.0 Å². The van der Waals surface area contributed by atoms with Gasteiger partial charge in [-0.05, 0) is 61.3 Å². The number of hydrogen-bond donors (Lipinski definition) is 0. The number of halogens is 1. The van der Waals surface area contributed by atoms with Crippen LogP contribution in [0.25, 0.3) is 0 Å². The lowest BCUT2D eigenvalue weighted by Crippen LogP contribution is -2.50. The average molecular weight is 424 g/mol. The minimum absolute atomic E-state index is 0.0465. The van der Waals surface area contributed by atoms with Crippen molar-refractivity contribution < 1.29 is 13.2 Å². The predicted octanol–water partition coefficient (Wildman–Crippen LogP) is 3.87. The summed E-state index contributed by atoms with van der Waals surface area (Å²) in [4.78, 5) is 13.9. The van der Waals surface area contributed by atoms with E-state index >= 15 is 0 Å². The fourth-order valence-corrected chi connectivity index (χ4v) is 8.11. The Morgan fingerprint density at radius 2 is 1.96 bits per heavy atom. The van der Waals surface area contributed by atoms with Gasteiger partial charge < -0.3 is 4.90 Å². The molecule has 0 radical (unpaired) electrons. The Kier molecular flexibility index (Phi) is 5.62. The zero-order valence-electron chi connectivity index (χ0n) is 16.6.